The maximum atomic E-state index is 13.6. The first-order valence-electron chi connectivity index (χ1n) is 12.2. The van der Waals surface area contributed by atoms with Crippen LogP contribution in [0.2, 0.25) is 0 Å². The molecule has 6 rings (SSSR count). The van der Waals surface area contributed by atoms with Crippen LogP contribution in [0.3, 0.4) is 0 Å². The SMILES string of the molecule is C=C[C@H]1C[N+]2(Cc3cc(C(F)(F)F)cc(C(F)(F)F)c3)CC[C@H]1C[C@H]2[C@H](O)c1ccnc2ccccc12.[Br-]. The number of quaternary nitrogens is 1. The standard InChI is InChI=1S/C28H27F6N2O.BrH/c1-2-18-16-36(15-17-11-20(27(29,30)31)14-21(12-17)28(32,33)34)10-8-19(18)13-25(36)26(37)23-7-9-35-24-6-4-3-5-22(23)24;/h2-7,9,11-12,14,18-19,25-26,37H,1,8,10,13,15-16H2;1H/q+1;/p-1/t18-,19-,25-,26+,36?;/m0./s1. The quantitative estimate of drug-likeness (QED) is 0.274. The summed E-state index contributed by atoms with van der Waals surface area (Å²) in [5.41, 5.74) is -1.31. The van der Waals surface area contributed by atoms with Gasteiger partial charge in [-0.3, -0.25) is 4.98 Å². The smallest absolute Gasteiger partial charge is 0.416 e. The van der Waals surface area contributed by atoms with Crippen LogP contribution in [0.4, 0.5) is 26.3 Å². The second-order valence-electron chi connectivity index (χ2n) is 10.3. The molecule has 2 aromatic carbocycles. The molecule has 3 nitrogen and oxygen atoms in total. The molecule has 10 heteroatoms. The number of aliphatic hydroxyl groups is 1. The molecule has 4 heterocycles. The number of nitrogens with zero attached hydrogens (tertiary/aromatic N) is 2. The van der Waals surface area contributed by atoms with E-state index < -0.39 is 35.6 Å². The molecule has 204 valence electrons. The van der Waals surface area contributed by atoms with Crippen LogP contribution in [0.1, 0.15) is 41.2 Å². The number of pyridine rings is 1. The van der Waals surface area contributed by atoms with E-state index in [1.165, 1.54) is 0 Å². The molecular weight excluding hydrogens is 574 g/mol. The highest BCUT2D eigenvalue weighted by Crippen LogP contribution is 2.48. The minimum atomic E-state index is -4.91. The molecule has 3 aliphatic rings. The number of hydrogen-bond acceptors (Lipinski definition) is 2. The Morgan fingerprint density at radius 2 is 1.68 bits per heavy atom. The van der Waals surface area contributed by atoms with Crippen molar-refractivity contribution in [2.75, 3.05) is 13.1 Å². The van der Waals surface area contributed by atoms with Crippen molar-refractivity contribution >= 4 is 10.9 Å². The largest absolute Gasteiger partial charge is 1.00 e. The van der Waals surface area contributed by atoms with Crippen LogP contribution in [-0.2, 0) is 18.9 Å². The van der Waals surface area contributed by atoms with E-state index in [1.807, 2.05) is 30.3 Å². The van der Waals surface area contributed by atoms with Crippen molar-refractivity contribution in [1.82, 2.24) is 4.98 Å². The second-order valence-corrected chi connectivity index (χ2v) is 10.3. The van der Waals surface area contributed by atoms with Crippen molar-refractivity contribution in [3.05, 3.63) is 89.6 Å². The van der Waals surface area contributed by atoms with E-state index in [0.29, 0.717) is 30.6 Å². The van der Waals surface area contributed by atoms with Crippen molar-refractivity contribution in [2.24, 2.45) is 11.8 Å². The van der Waals surface area contributed by atoms with Crippen molar-refractivity contribution in [2.45, 2.75) is 43.9 Å². The summed E-state index contributed by atoms with van der Waals surface area (Å²) >= 11 is 0. The molecule has 1 unspecified atom stereocenters. The molecule has 3 saturated heterocycles. The van der Waals surface area contributed by atoms with Crippen LogP contribution in [-0.4, -0.2) is 33.7 Å². The summed E-state index contributed by atoms with van der Waals surface area (Å²) in [6.45, 7) is 4.93. The van der Waals surface area contributed by atoms with Crippen LogP contribution in [0.15, 0.2) is 67.4 Å². The zero-order valence-corrected chi connectivity index (χ0v) is 21.9. The lowest BCUT2D eigenvalue weighted by Crippen LogP contribution is -3.00. The summed E-state index contributed by atoms with van der Waals surface area (Å²) in [6, 6.07) is 10.5. The summed E-state index contributed by atoms with van der Waals surface area (Å²) in [5.74, 6) is 0.316. The van der Waals surface area contributed by atoms with Gasteiger partial charge in [0.2, 0.25) is 0 Å². The molecule has 0 amide bonds. The lowest BCUT2D eigenvalue weighted by Gasteiger charge is -2.58. The molecule has 38 heavy (non-hydrogen) atoms. The molecule has 2 bridgehead atoms. The zero-order valence-electron chi connectivity index (χ0n) is 20.3. The fourth-order valence-corrected chi connectivity index (χ4v) is 6.44. The first-order chi connectivity index (χ1) is 17.4. The van der Waals surface area contributed by atoms with Crippen LogP contribution in [0.5, 0.6) is 0 Å². The van der Waals surface area contributed by atoms with Gasteiger partial charge in [0.1, 0.15) is 18.7 Å². The van der Waals surface area contributed by atoms with E-state index in [4.69, 9.17) is 0 Å². The Hall–Kier alpha value is -2.43. The summed E-state index contributed by atoms with van der Waals surface area (Å²) in [5, 5.41) is 12.5. The third-order valence-electron chi connectivity index (χ3n) is 8.19. The van der Waals surface area contributed by atoms with E-state index in [1.54, 1.807) is 12.3 Å². The van der Waals surface area contributed by atoms with Crippen LogP contribution in [0, 0.1) is 11.8 Å². The predicted octanol–water partition coefficient (Wildman–Crippen LogP) is 3.92. The average molecular weight is 601 g/mol. The predicted molar refractivity (Wildman–Crippen MR) is 127 cm³/mol. The fourth-order valence-electron chi connectivity index (χ4n) is 6.44. The van der Waals surface area contributed by atoms with Gasteiger partial charge in [0, 0.05) is 35.9 Å². The lowest BCUT2D eigenvalue weighted by atomic mass is 9.71. The van der Waals surface area contributed by atoms with Crippen molar-refractivity contribution in [1.29, 1.82) is 0 Å². The molecule has 0 aliphatic carbocycles. The minimum Gasteiger partial charge on any atom is -1.00 e. The monoisotopic (exact) mass is 600 g/mol. The van der Waals surface area contributed by atoms with Crippen molar-refractivity contribution in [3.8, 4) is 0 Å². The third kappa shape index (κ3) is 5.22. The van der Waals surface area contributed by atoms with Crippen LogP contribution < -0.4 is 17.0 Å². The first-order valence-corrected chi connectivity index (χ1v) is 12.2. The van der Waals surface area contributed by atoms with Gasteiger partial charge in [-0.05, 0) is 41.8 Å². The van der Waals surface area contributed by atoms with E-state index in [0.717, 1.165) is 23.9 Å². The number of fused-ring (bicyclic) bond motifs is 4. The van der Waals surface area contributed by atoms with Crippen LogP contribution in [0.25, 0.3) is 10.9 Å². The second kappa shape index (κ2) is 10.3. The highest BCUT2D eigenvalue weighted by atomic mass is 79.9. The molecule has 1 N–H and O–H groups in total. The molecule has 0 radical (unpaired) electrons. The normalized spacial score (nSPS) is 26.1. The average Bonchev–Trinajstić information content (AvgIpc) is 2.86. The maximum absolute atomic E-state index is 13.6. The molecule has 0 spiro atoms. The van der Waals surface area contributed by atoms with Gasteiger partial charge in [-0.15, -0.1) is 6.58 Å². The Kier molecular flexibility index (Phi) is 7.73. The number of benzene rings is 2. The molecule has 3 aliphatic heterocycles. The summed E-state index contributed by atoms with van der Waals surface area (Å²) in [7, 11) is 0. The number of alkyl halides is 6. The van der Waals surface area contributed by atoms with E-state index in [-0.39, 0.29) is 51.5 Å². The van der Waals surface area contributed by atoms with E-state index >= 15 is 0 Å². The Balaban J connectivity index is 0.00000336. The first kappa shape index (κ1) is 28.6. The molecule has 3 aromatic rings. The highest BCUT2D eigenvalue weighted by molar-refractivity contribution is 5.82. The zero-order chi connectivity index (χ0) is 26.6. The van der Waals surface area contributed by atoms with Gasteiger partial charge in [0.05, 0.1) is 29.7 Å². The topological polar surface area (TPSA) is 33.1 Å². The van der Waals surface area contributed by atoms with Crippen molar-refractivity contribution < 1.29 is 52.9 Å². The van der Waals surface area contributed by atoms with E-state index in [2.05, 4.69) is 11.6 Å². The Bertz CT molecular complexity index is 1290. The summed E-state index contributed by atoms with van der Waals surface area (Å²) in [6.07, 6.45) is -5.99. The van der Waals surface area contributed by atoms with E-state index in [9.17, 15) is 31.4 Å². The maximum Gasteiger partial charge on any atom is 0.416 e. The van der Waals surface area contributed by atoms with Gasteiger partial charge >= 0.3 is 12.4 Å². The number of aliphatic hydroxyl groups excluding tert-OH is 1. The van der Waals surface area contributed by atoms with Gasteiger partial charge in [-0.2, -0.15) is 26.3 Å². The molecule has 5 atom stereocenters. The fraction of sp³-hybridized carbons (Fsp3) is 0.393. The number of piperidine rings is 3. The Morgan fingerprint density at radius 3 is 2.32 bits per heavy atom. The molecule has 0 saturated carbocycles. The number of hydrogen-bond donors (Lipinski definition) is 1. The number of halogens is 7. The van der Waals surface area contributed by atoms with Gasteiger partial charge in [0.15, 0.2) is 0 Å². The molecular formula is C28H27BrF6N2O. The van der Waals surface area contributed by atoms with Gasteiger partial charge in [0.25, 0.3) is 0 Å². The van der Waals surface area contributed by atoms with Crippen LogP contribution >= 0.6 is 0 Å². The Morgan fingerprint density at radius 1 is 1.03 bits per heavy atom. The molecule has 3 fully saturated rings. The number of aromatic nitrogens is 1. The summed E-state index contributed by atoms with van der Waals surface area (Å²) < 4.78 is 81.6. The van der Waals surface area contributed by atoms with Gasteiger partial charge < -0.3 is 26.6 Å². The molecule has 1 aromatic heterocycles. The number of rotatable bonds is 5. The highest BCUT2D eigenvalue weighted by Gasteiger charge is 2.54. The van der Waals surface area contributed by atoms with Gasteiger partial charge in [-0.1, -0.05) is 24.3 Å². The van der Waals surface area contributed by atoms with Gasteiger partial charge in [-0.25, -0.2) is 0 Å². The minimum absolute atomic E-state index is 0. The lowest BCUT2D eigenvalue weighted by molar-refractivity contribution is -0.984. The summed E-state index contributed by atoms with van der Waals surface area (Å²) in [4.78, 5) is 4.35. The number of para-hydroxylation sites is 1. The Labute approximate surface area is 227 Å². The third-order valence-corrected chi connectivity index (χ3v) is 8.19. The van der Waals surface area contributed by atoms with Crippen molar-refractivity contribution in [3.63, 3.8) is 0 Å².